The number of carbonyl (C=O) groups is 1. The van der Waals surface area contributed by atoms with Crippen molar-refractivity contribution in [3.05, 3.63) is 70.2 Å². The lowest BCUT2D eigenvalue weighted by Crippen LogP contribution is -2.29. The van der Waals surface area contributed by atoms with Crippen molar-refractivity contribution in [1.82, 2.24) is 10.3 Å². The van der Waals surface area contributed by atoms with Crippen LogP contribution in [-0.4, -0.2) is 23.1 Å². The van der Waals surface area contributed by atoms with Gasteiger partial charge in [-0.15, -0.1) is 11.3 Å². The standard InChI is InChI=1S/C23H24N4O2S2/c1-4-20(28)25-16-10-9-15(13-18(16)29-3)27-22(19-11-8-14(2)31-19)21(26-23(27)30)17-7-5-6-12-24-17/h5-13,21-22H,4H2,1-3H3,(H,25,28)(H,26,30)/t21-,22-/m1/s1. The van der Waals surface area contributed by atoms with E-state index in [1.807, 2.05) is 43.3 Å². The molecule has 1 aliphatic rings. The zero-order valence-electron chi connectivity index (χ0n) is 17.6. The minimum Gasteiger partial charge on any atom is -0.494 e. The first-order valence-corrected chi connectivity index (χ1v) is 11.3. The summed E-state index contributed by atoms with van der Waals surface area (Å²) in [5, 5.41) is 6.97. The van der Waals surface area contributed by atoms with Crippen LogP contribution in [0.5, 0.6) is 5.75 Å². The molecule has 3 aromatic rings. The van der Waals surface area contributed by atoms with Crippen LogP contribution in [0.4, 0.5) is 11.4 Å². The Kier molecular flexibility index (Phi) is 6.20. The number of benzene rings is 1. The molecule has 1 aliphatic heterocycles. The summed E-state index contributed by atoms with van der Waals surface area (Å²) < 4.78 is 5.57. The van der Waals surface area contributed by atoms with E-state index in [9.17, 15) is 4.79 Å². The van der Waals surface area contributed by atoms with E-state index in [4.69, 9.17) is 17.0 Å². The number of carbonyl (C=O) groups excluding carboxylic acids is 1. The minimum absolute atomic E-state index is 0.0538. The van der Waals surface area contributed by atoms with E-state index in [1.165, 1.54) is 9.75 Å². The number of nitrogens with zero attached hydrogens (tertiary/aromatic N) is 2. The summed E-state index contributed by atoms with van der Waals surface area (Å²) in [5.41, 5.74) is 2.46. The van der Waals surface area contributed by atoms with Crippen molar-refractivity contribution in [1.29, 1.82) is 0 Å². The van der Waals surface area contributed by atoms with Crippen LogP contribution in [0, 0.1) is 6.92 Å². The fourth-order valence-electron chi connectivity index (χ4n) is 3.71. The van der Waals surface area contributed by atoms with E-state index in [1.54, 1.807) is 24.6 Å². The van der Waals surface area contributed by atoms with Gasteiger partial charge in [-0.1, -0.05) is 13.0 Å². The first-order valence-electron chi connectivity index (χ1n) is 10.1. The zero-order chi connectivity index (χ0) is 22.0. The maximum atomic E-state index is 11.9. The molecule has 0 unspecified atom stereocenters. The van der Waals surface area contributed by atoms with Gasteiger partial charge in [-0.25, -0.2) is 0 Å². The predicted molar refractivity (Wildman–Crippen MR) is 129 cm³/mol. The van der Waals surface area contributed by atoms with Gasteiger partial charge in [0, 0.05) is 34.1 Å². The molecule has 0 aliphatic carbocycles. The molecule has 4 rings (SSSR count). The maximum absolute atomic E-state index is 11.9. The SMILES string of the molecule is CCC(=O)Nc1ccc(N2C(=S)N[C@H](c3ccccn3)[C@H]2c2ccc(C)s2)cc1OC. The minimum atomic E-state index is -0.0859. The Morgan fingerprint density at radius 3 is 2.77 bits per heavy atom. The highest BCUT2D eigenvalue weighted by molar-refractivity contribution is 7.80. The Morgan fingerprint density at radius 1 is 1.29 bits per heavy atom. The lowest BCUT2D eigenvalue weighted by molar-refractivity contribution is -0.115. The van der Waals surface area contributed by atoms with Gasteiger partial charge < -0.3 is 20.3 Å². The van der Waals surface area contributed by atoms with Crippen LogP contribution in [0.1, 0.15) is 40.9 Å². The van der Waals surface area contributed by atoms with Crippen LogP contribution >= 0.6 is 23.6 Å². The van der Waals surface area contributed by atoms with Crippen molar-refractivity contribution in [3.63, 3.8) is 0 Å². The van der Waals surface area contributed by atoms with Crippen molar-refractivity contribution in [2.75, 3.05) is 17.3 Å². The van der Waals surface area contributed by atoms with Crippen LogP contribution in [0.2, 0.25) is 0 Å². The molecule has 31 heavy (non-hydrogen) atoms. The highest BCUT2D eigenvalue weighted by Gasteiger charge is 2.41. The summed E-state index contributed by atoms with van der Waals surface area (Å²) in [6.07, 6.45) is 2.20. The first-order chi connectivity index (χ1) is 15.0. The van der Waals surface area contributed by atoms with E-state index in [0.717, 1.165) is 11.4 Å². The van der Waals surface area contributed by atoms with E-state index in [0.29, 0.717) is 23.0 Å². The second-order valence-corrected chi connectivity index (χ2v) is 8.94. The van der Waals surface area contributed by atoms with Gasteiger partial charge in [0.2, 0.25) is 5.91 Å². The van der Waals surface area contributed by atoms with Crippen LogP contribution in [0.3, 0.4) is 0 Å². The number of rotatable bonds is 6. The Balaban J connectivity index is 1.76. The Bertz CT molecular complexity index is 1100. The molecule has 0 radical (unpaired) electrons. The van der Waals surface area contributed by atoms with Crippen LogP contribution in [0.15, 0.2) is 54.7 Å². The Hall–Kier alpha value is -2.97. The molecule has 8 heteroatoms. The normalized spacial score (nSPS) is 18.0. The molecule has 1 amide bonds. The molecule has 1 fully saturated rings. The van der Waals surface area contributed by atoms with Crippen LogP contribution in [0.25, 0.3) is 0 Å². The topological polar surface area (TPSA) is 66.5 Å². The van der Waals surface area contributed by atoms with Gasteiger partial charge >= 0.3 is 0 Å². The number of aromatic nitrogens is 1. The van der Waals surface area contributed by atoms with Crippen LogP contribution in [-0.2, 0) is 4.79 Å². The molecule has 2 atom stereocenters. The summed E-state index contributed by atoms with van der Waals surface area (Å²) in [6.45, 7) is 3.92. The lowest BCUT2D eigenvalue weighted by atomic mass is 10.0. The number of ether oxygens (including phenoxy) is 1. The van der Waals surface area contributed by atoms with Gasteiger partial charge in [0.15, 0.2) is 5.11 Å². The third-order valence-corrected chi connectivity index (χ3v) is 6.60. The molecule has 2 N–H and O–H groups in total. The van der Waals surface area contributed by atoms with Crippen molar-refractivity contribution in [2.24, 2.45) is 0 Å². The number of hydrogen-bond acceptors (Lipinski definition) is 5. The molecular weight excluding hydrogens is 428 g/mol. The molecule has 1 saturated heterocycles. The van der Waals surface area contributed by atoms with Gasteiger partial charge in [-0.05, 0) is 55.5 Å². The third kappa shape index (κ3) is 4.26. The molecule has 0 saturated carbocycles. The number of hydrogen-bond donors (Lipinski definition) is 2. The molecule has 3 heterocycles. The van der Waals surface area contributed by atoms with Crippen LogP contribution < -0.4 is 20.3 Å². The number of anilines is 2. The van der Waals surface area contributed by atoms with Crippen molar-refractivity contribution in [3.8, 4) is 5.75 Å². The summed E-state index contributed by atoms with van der Waals surface area (Å²) in [5.74, 6) is 0.524. The average molecular weight is 453 g/mol. The van der Waals surface area contributed by atoms with E-state index in [-0.39, 0.29) is 18.0 Å². The number of methoxy groups -OCH3 is 1. The number of pyridine rings is 1. The maximum Gasteiger partial charge on any atom is 0.224 e. The van der Waals surface area contributed by atoms with Crippen molar-refractivity contribution >= 4 is 45.9 Å². The third-order valence-electron chi connectivity index (χ3n) is 5.21. The molecule has 1 aromatic carbocycles. The van der Waals surface area contributed by atoms with E-state index >= 15 is 0 Å². The van der Waals surface area contributed by atoms with Gasteiger partial charge in [0.25, 0.3) is 0 Å². The van der Waals surface area contributed by atoms with Gasteiger partial charge in [-0.2, -0.15) is 0 Å². The molecule has 6 nitrogen and oxygen atoms in total. The number of amides is 1. The first kappa shape index (κ1) is 21.3. The van der Waals surface area contributed by atoms with E-state index < -0.39 is 0 Å². The molecule has 2 aromatic heterocycles. The Morgan fingerprint density at radius 2 is 2.13 bits per heavy atom. The molecule has 160 valence electrons. The molecule has 0 bridgehead atoms. The number of thiocarbonyl (C=S) groups is 1. The summed E-state index contributed by atoms with van der Waals surface area (Å²) >= 11 is 7.52. The molecule has 0 spiro atoms. The Labute approximate surface area is 191 Å². The zero-order valence-corrected chi connectivity index (χ0v) is 19.2. The number of thiophene rings is 1. The number of nitrogens with one attached hydrogen (secondary N) is 2. The van der Waals surface area contributed by atoms with Gasteiger partial charge in [0.1, 0.15) is 5.75 Å². The smallest absolute Gasteiger partial charge is 0.224 e. The van der Waals surface area contributed by atoms with Gasteiger partial charge in [0.05, 0.1) is 30.6 Å². The van der Waals surface area contributed by atoms with Gasteiger partial charge in [-0.3, -0.25) is 9.78 Å². The summed E-state index contributed by atoms with van der Waals surface area (Å²) in [4.78, 5) is 21.0. The monoisotopic (exact) mass is 452 g/mol. The number of aryl methyl sites for hydroxylation is 1. The van der Waals surface area contributed by atoms with E-state index in [2.05, 4.69) is 39.6 Å². The quantitative estimate of drug-likeness (QED) is 0.514. The highest BCUT2D eigenvalue weighted by atomic mass is 32.1. The van der Waals surface area contributed by atoms with Crippen molar-refractivity contribution < 1.29 is 9.53 Å². The fourth-order valence-corrected chi connectivity index (χ4v) is 5.06. The molecular formula is C23H24N4O2S2. The fraction of sp³-hybridized carbons (Fsp3) is 0.261. The second kappa shape index (κ2) is 9.03. The lowest BCUT2D eigenvalue weighted by Gasteiger charge is -2.27. The average Bonchev–Trinajstić information content (AvgIpc) is 3.37. The highest BCUT2D eigenvalue weighted by Crippen LogP contribution is 2.44. The van der Waals surface area contributed by atoms with Crippen molar-refractivity contribution in [2.45, 2.75) is 32.4 Å². The second-order valence-electron chi connectivity index (χ2n) is 7.23. The largest absolute Gasteiger partial charge is 0.494 e. The summed E-state index contributed by atoms with van der Waals surface area (Å²) in [7, 11) is 1.60. The summed E-state index contributed by atoms with van der Waals surface area (Å²) in [6, 6.07) is 15.8. The predicted octanol–water partition coefficient (Wildman–Crippen LogP) is 4.99.